The van der Waals surface area contributed by atoms with Crippen LogP contribution in [0.4, 0.5) is 5.82 Å². The number of aromatic nitrogens is 2. The van der Waals surface area contributed by atoms with Gasteiger partial charge in [-0.2, -0.15) is 0 Å². The van der Waals surface area contributed by atoms with Crippen LogP contribution in [0.3, 0.4) is 0 Å². The maximum atomic E-state index is 11.7. The van der Waals surface area contributed by atoms with E-state index in [2.05, 4.69) is 15.3 Å². The molecule has 1 aromatic carbocycles. The van der Waals surface area contributed by atoms with Crippen LogP contribution in [-0.4, -0.2) is 34.2 Å². The minimum atomic E-state index is -0.882. The van der Waals surface area contributed by atoms with Gasteiger partial charge in [-0.05, 0) is 23.6 Å². The van der Waals surface area contributed by atoms with Crippen molar-refractivity contribution in [3.8, 4) is 16.9 Å². The Morgan fingerprint density at radius 1 is 1.31 bits per heavy atom. The Morgan fingerprint density at radius 2 is 2.04 bits per heavy atom. The molecule has 0 spiro atoms. The second kappa shape index (κ2) is 7.70. The van der Waals surface area contributed by atoms with E-state index in [-0.39, 0.29) is 5.92 Å². The van der Waals surface area contributed by atoms with Crippen molar-refractivity contribution in [1.82, 2.24) is 9.97 Å². The van der Waals surface area contributed by atoms with Crippen molar-refractivity contribution < 1.29 is 14.6 Å². The molecule has 0 fully saturated rings. The van der Waals surface area contributed by atoms with Crippen LogP contribution in [-0.2, 0) is 4.79 Å². The summed E-state index contributed by atoms with van der Waals surface area (Å²) >= 11 is 1.51. The summed E-state index contributed by atoms with van der Waals surface area (Å²) in [5.74, 6) is 0.424. The van der Waals surface area contributed by atoms with Crippen molar-refractivity contribution in [3.63, 3.8) is 0 Å². The van der Waals surface area contributed by atoms with Crippen molar-refractivity contribution in [2.75, 3.05) is 12.4 Å². The van der Waals surface area contributed by atoms with Crippen molar-refractivity contribution in [3.05, 3.63) is 36.0 Å². The molecule has 0 aliphatic rings. The molecule has 0 radical (unpaired) electrons. The van der Waals surface area contributed by atoms with Gasteiger partial charge in [0.1, 0.15) is 28.8 Å². The predicted molar refractivity (Wildman–Crippen MR) is 104 cm³/mol. The average Bonchev–Trinajstić information content (AvgIpc) is 3.10. The number of rotatable bonds is 7. The minimum Gasteiger partial charge on any atom is -0.497 e. The fourth-order valence-corrected chi connectivity index (χ4v) is 3.71. The average molecular weight is 371 g/mol. The topological polar surface area (TPSA) is 84.3 Å². The summed E-state index contributed by atoms with van der Waals surface area (Å²) in [6.45, 7) is 3.90. The molecule has 26 heavy (non-hydrogen) atoms. The number of ether oxygens (including phenoxy) is 1. The number of hydrogen-bond acceptors (Lipinski definition) is 6. The molecule has 2 aromatic heterocycles. The molecule has 136 valence electrons. The second-order valence-corrected chi connectivity index (χ2v) is 6.98. The van der Waals surface area contributed by atoms with Crippen molar-refractivity contribution >= 4 is 33.3 Å². The van der Waals surface area contributed by atoms with Crippen LogP contribution < -0.4 is 10.1 Å². The van der Waals surface area contributed by atoms with Crippen molar-refractivity contribution in [2.45, 2.75) is 26.3 Å². The van der Waals surface area contributed by atoms with E-state index in [0.717, 1.165) is 33.5 Å². The summed E-state index contributed by atoms with van der Waals surface area (Å²) in [6, 6.07) is 7.03. The molecular formula is C19H21N3O3S. The van der Waals surface area contributed by atoms with Gasteiger partial charge in [-0.25, -0.2) is 14.8 Å². The number of carboxylic acid groups (broad SMARTS) is 1. The van der Waals surface area contributed by atoms with Crippen LogP contribution in [0.1, 0.15) is 20.3 Å². The first-order chi connectivity index (χ1) is 12.5. The lowest BCUT2D eigenvalue weighted by atomic mass is 9.99. The number of carbonyl (C=O) groups is 1. The Balaban J connectivity index is 2.06. The number of methoxy groups -OCH3 is 1. The normalized spacial score (nSPS) is 13.3. The third kappa shape index (κ3) is 3.48. The standard InChI is InChI=1S/C19H21N3O3S/c1-4-11(2)16(19(23)24)22-17-15-14(9-26-18(15)21-10-20-17)12-5-7-13(25-3)8-6-12/h5-11,16H,4H2,1-3H3,(H,23,24)(H,20,21,22). The SMILES string of the molecule is CCC(C)C(Nc1ncnc2scc(-c3ccc(OC)cc3)c12)C(=O)O. The summed E-state index contributed by atoms with van der Waals surface area (Å²) in [5, 5.41) is 15.6. The largest absolute Gasteiger partial charge is 0.497 e. The van der Waals surface area contributed by atoms with E-state index in [1.165, 1.54) is 17.7 Å². The van der Waals surface area contributed by atoms with E-state index in [0.29, 0.717) is 5.82 Å². The molecule has 0 amide bonds. The number of nitrogens with zero attached hydrogens (tertiary/aromatic N) is 2. The highest BCUT2D eigenvalue weighted by Crippen LogP contribution is 2.37. The molecule has 6 nitrogen and oxygen atoms in total. The smallest absolute Gasteiger partial charge is 0.326 e. The zero-order valence-electron chi connectivity index (χ0n) is 14.9. The fraction of sp³-hybridized carbons (Fsp3) is 0.316. The van der Waals surface area contributed by atoms with Crippen LogP contribution in [0.15, 0.2) is 36.0 Å². The van der Waals surface area contributed by atoms with Crippen LogP contribution >= 0.6 is 11.3 Å². The fourth-order valence-electron chi connectivity index (χ4n) is 2.80. The Morgan fingerprint density at radius 3 is 2.65 bits per heavy atom. The van der Waals surface area contributed by atoms with Crippen LogP contribution in [0.2, 0.25) is 0 Å². The molecule has 2 unspecified atom stereocenters. The van der Waals surface area contributed by atoms with Gasteiger partial charge in [-0.3, -0.25) is 0 Å². The zero-order chi connectivity index (χ0) is 18.7. The molecule has 3 rings (SSSR count). The van der Waals surface area contributed by atoms with Crippen LogP contribution in [0.5, 0.6) is 5.75 Å². The van der Waals surface area contributed by atoms with E-state index < -0.39 is 12.0 Å². The van der Waals surface area contributed by atoms with Gasteiger partial charge in [0.2, 0.25) is 0 Å². The Kier molecular flexibility index (Phi) is 5.37. The summed E-state index contributed by atoms with van der Waals surface area (Å²) < 4.78 is 5.22. The van der Waals surface area contributed by atoms with E-state index in [4.69, 9.17) is 4.74 Å². The van der Waals surface area contributed by atoms with Crippen LogP contribution in [0.25, 0.3) is 21.3 Å². The predicted octanol–water partition coefficient (Wildman–Crippen LogP) is 4.28. The first kappa shape index (κ1) is 18.1. The lowest BCUT2D eigenvalue weighted by Crippen LogP contribution is -2.35. The van der Waals surface area contributed by atoms with Gasteiger partial charge in [0.25, 0.3) is 0 Å². The molecule has 0 aliphatic carbocycles. The number of nitrogens with one attached hydrogen (secondary N) is 1. The highest BCUT2D eigenvalue weighted by atomic mass is 32.1. The van der Waals surface area contributed by atoms with E-state index in [1.54, 1.807) is 7.11 Å². The maximum Gasteiger partial charge on any atom is 0.326 e. The van der Waals surface area contributed by atoms with Gasteiger partial charge in [0.05, 0.1) is 12.5 Å². The maximum absolute atomic E-state index is 11.7. The molecule has 0 aliphatic heterocycles. The molecule has 2 N–H and O–H groups in total. The number of hydrogen-bond donors (Lipinski definition) is 2. The van der Waals surface area contributed by atoms with E-state index in [9.17, 15) is 9.90 Å². The van der Waals surface area contributed by atoms with Gasteiger partial charge < -0.3 is 15.2 Å². The van der Waals surface area contributed by atoms with Gasteiger partial charge >= 0.3 is 5.97 Å². The van der Waals surface area contributed by atoms with Gasteiger partial charge in [0, 0.05) is 10.9 Å². The number of anilines is 1. The monoisotopic (exact) mass is 371 g/mol. The van der Waals surface area contributed by atoms with Gasteiger partial charge in [-0.1, -0.05) is 32.4 Å². The number of aliphatic carboxylic acids is 1. The number of thiophene rings is 1. The third-order valence-corrected chi connectivity index (χ3v) is 5.43. The highest BCUT2D eigenvalue weighted by Gasteiger charge is 2.25. The summed E-state index contributed by atoms with van der Waals surface area (Å²) in [7, 11) is 1.63. The molecule has 3 aromatic rings. The first-order valence-electron chi connectivity index (χ1n) is 8.41. The first-order valence-corrected chi connectivity index (χ1v) is 9.29. The number of carboxylic acids is 1. The Hall–Kier alpha value is -2.67. The third-order valence-electron chi connectivity index (χ3n) is 4.54. The molecule has 0 bridgehead atoms. The lowest BCUT2D eigenvalue weighted by Gasteiger charge is -2.21. The second-order valence-electron chi connectivity index (χ2n) is 6.13. The van der Waals surface area contributed by atoms with Crippen molar-refractivity contribution in [1.29, 1.82) is 0 Å². The minimum absolute atomic E-state index is 0.0272. The van der Waals surface area contributed by atoms with E-state index in [1.807, 2.05) is 43.5 Å². The summed E-state index contributed by atoms with van der Waals surface area (Å²) in [5.41, 5.74) is 1.98. The molecule has 2 heterocycles. The highest BCUT2D eigenvalue weighted by molar-refractivity contribution is 7.17. The lowest BCUT2D eigenvalue weighted by molar-refractivity contribution is -0.139. The number of benzene rings is 1. The number of fused-ring (bicyclic) bond motifs is 1. The van der Waals surface area contributed by atoms with Crippen LogP contribution in [0, 0.1) is 5.92 Å². The van der Waals surface area contributed by atoms with Gasteiger partial charge in [-0.15, -0.1) is 11.3 Å². The molecule has 7 heteroatoms. The quantitative estimate of drug-likeness (QED) is 0.645. The van der Waals surface area contributed by atoms with Gasteiger partial charge in [0.15, 0.2) is 0 Å². The van der Waals surface area contributed by atoms with Crippen molar-refractivity contribution in [2.24, 2.45) is 5.92 Å². The summed E-state index contributed by atoms with van der Waals surface area (Å²) in [6.07, 6.45) is 2.22. The summed E-state index contributed by atoms with van der Waals surface area (Å²) in [4.78, 5) is 21.2. The van der Waals surface area contributed by atoms with E-state index >= 15 is 0 Å². The Bertz CT molecular complexity index is 908. The Labute approximate surface area is 155 Å². The molecule has 0 saturated carbocycles. The molecule has 0 saturated heterocycles. The zero-order valence-corrected chi connectivity index (χ0v) is 15.7. The molecule has 2 atom stereocenters. The molecular weight excluding hydrogens is 350 g/mol.